The van der Waals surface area contributed by atoms with E-state index in [0.29, 0.717) is 19.6 Å². The molecule has 0 aliphatic carbocycles. The van der Waals surface area contributed by atoms with Crippen LogP contribution in [0, 0.1) is 5.92 Å². The maximum atomic E-state index is 12.3. The zero-order valence-electron chi connectivity index (χ0n) is 26.0. The van der Waals surface area contributed by atoms with E-state index in [1.807, 2.05) is 0 Å². The van der Waals surface area contributed by atoms with Crippen LogP contribution in [-0.2, 0) is 19.1 Å². The second-order valence-corrected chi connectivity index (χ2v) is 11.5. The summed E-state index contributed by atoms with van der Waals surface area (Å²) in [6, 6.07) is 0. The molecule has 38 heavy (non-hydrogen) atoms. The van der Waals surface area contributed by atoms with Gasteiger partial charge in [-0.05, 0) is 32.1 Å². The fourth-order valence-electron chi connectivity index (χ4n) is 5.05. The van der Waals surface area contributed by atoms with Gasteiger partial charge in [-0.15, -0.1) is 0 Å². The van der Waals surface area contributed by atoms with Crippen LogP contribution in [0.5, 0.6) is 0 Å². The van der Waals surface area contributed by atoms with Crippen LogP contribution >= 0.6 is 0 Å². The van der Waals surface area contributed by atoms with Gasteiger partial charge in [0.15, 0.2) is 0 Å². The lowest BCUT2D eigenvalue weighted by molar-refractivity contribution is -0.149. The summed E-state index contributed by atoms with van der Waals surface area (Å²) in [5.74, 6) is 0.134. The van der Waals surface area contributed by atoms with Gasteiger partial charge in [-0.1, -0.05) is 149 Å². The normalized spacial score (nSPS) is 12.0. The molecule has 0 radical (unpaired) electrons. The highest BCUT2D eigenvalue weighted by atomic mass is 16.5. The lowest BCUT2D eigenvalue weighted by Crippen LogP contribution is -2.17. The van der Waals surface area contributed by atoms with Crippen molar-refractivity contribution in [2.24, 2.45) is 5.92 Å². The Kier molecular flexibility index (Phi) is 29.6. The first-order chi connectivity index (χ1) is 18.7. The first kappa shape index (κ1) is 36.9. The summed E-state index contributed by atoms with van der Waals surface area (Å²) in [4.78, 5) is 24.0. The predicted octanol–water partition coefficient (Wildman–Crippen LogP) is 10.9. The zero-order chi connectivity index (χ0) is 27.9. The van der Waals surface area contributed by atoms with Crippen molar-refractivity contribution in [1.29, 1.82) is 0 Å². The summed E-state index contributed by atoms with van der Waals surface area (Å²) in [7, 11) is 0. The molecule has 226 valence electrons. The van der Waals surface area contributed by atoms with Crippen LogP contribution in [-0.4, -0.2) is 25.2 Å². The molecule has 0 rings (SSSR count). The third-order valence-corrected chi connectivity index (χ3v) is 7.76. The Morgan fingerprint density at radius 3 is 1.34 bits per heavy atom. The number of ether oxygens (including phenoxy) is 2. The molecular weight excluding hydrogens is 472 g/mol. The van der Waals surface area contributed by atoms with Gasteiger partial charge >= 0.3 is 11.9 Å². The molecule has 0 bridgehead atoms. The van der Waals surface area contributed by atoms with Crippen LogP contribution < -0.4 is 0 Å². The summed E-state index contributed by atoms with van der Waals surface area (Å²) in [6.45, 7) is 7.76. The van der Waals surface area contributed by atoms with Gasteiger partial charge in [0, 0.05) is 6.42 Å². The Morgan fingerprint density at radius 2 is 0.868 bits per heavy atom. The van der Waals surface area contributed by atoms with Crippen molar-refractivity contribution in [3.05, 3.63) is 0 Å². The Labute approximate surface area is 237 Å². The fraction of sp³-hybridized carbons (Fsp3) is 0.941. The summed E-state index contributed by atoms with van der Waals surface area (Å²) in [5.41, 5.74) is 0. The maximum absolute atomic E-state index is 12.3. The molecule has 0 fully saturated rings. The highest BCUT2D eigenvalue weighted by Gasteiger charge is 2.17. The molecule has 0 aliphatic rings. The second-order valence-electron chi connectivity index (χ2n) is 11.5. The van der Waals surface area contributed by atoms with E-state index in [9.17, 15) is 9.59 Å². The summed E-state index contributed by atoms with van der Waals surface area (Å²) < 4.78 is 10.9. The molecule has 0 N–H and O–H groups in total. The monoisotopic (exact) mass is 538 g/mol. The summed E-state index contributed by atoms with van der Waals surface area (Å²) in [6.07, 6.45) is 30.9. The third-order valence-electron chi connectivity index (χ3n) is 7.76. The molecule has 1 unspecified atom stereocenters. The van der Waals surface area contributed by atoms with Crippen LogP contribution in [0.1, 0.15) is 188 Å². The Balaban J connectivity index is 3.37. The van der Waals surface area contributed by atoms with Gasteiger partial charge < -0.3 is 9.47 Å². The minimum atomic E-state index is -0.00308. The molecule has 4 nitrogen and oxygen atoms in total. The number of unbranched alkanes of at least 4 members (excludes halogenated alkanes) is 20. The molecule has 0 aromatic carbocycles. The number of hydrogen-bond acceptors (Lipinski definition) is 4. The van der Waals surface area contributed by atoms with Crippen molar-refractivity contribution in [2.75, 3.05) is 13.2 Å². The highest BCUT2D eigenvalue weighted by Crippen LogP contribution is 2.18. The zero-order valence-corrected chi connectivity index (χ0v) is 26.0. The van der Waals surface area contributed by atoms with Gasteiger partial charge in [-0.2, -0.15) is 0 Å². The minimum absolute atomic E-state index is 0.00308. The average molecular weight is 539 g/mol. The van der Waals surface area contributed by atoms with Crippen LogP contribution in [0.3, 0.4) is 0 Å². The minimum Gasteiger partial charge on any atom is -0.466 e. The van der Waals surface area contributed by atoms with E-state index < -0.39 is 0 Å². The molecule has 0 aromatic heterocycles. The van der Waals surface area contributed by atoms with E-state index >= 15 is 0 Å². The van der Waals surface area contributed by atoms with Crippen molar-refractivity contribution >= 4 is 11.9 Å². The van der Waals surface area contributed by atoms with E-state index in [1.54, 1.807) is 0 Å². The molecule has 0 heterocycles. The Hall–Kier alpha value is -1.06. The standard InChI is InChI=1S/C34H66O4/c1-4-7-9-22-26-30-37-33(35)29-25-21-19-17-15-13-11-12-14-16-18-20-24-28-32(6-3)34(36)38-31-27-23-10-8-5-2/h32H,4-31H2,1-3H3. The van der Waals surface area contributed by atoms with Gasteiger partial charge in [0.2, 0.25) is 0 Å². The first-order valence-electron chi connectivity index (χ1n) is 17.0. The second kappa shape index (κ2) is 30.5. The van der Waals surface area contributed by atoms with E-state index in [-0.39, 0.29) is 17.9 Å². The SMILES string of the molecule is CCCCCCCOC(=O)CCCCCCCCCCCCCCCC(CC)C(=O)OCCCCCCC. The molecule has 0 aromatic rings. The summed E-state index contributed by atoms with van der Waals surface area (Å²) in [5, 5.41) is 0. The lowest BCUT2D eigenvalue weighted by Gasteiger charge is -2.14. The number of esters is 2. The van der Waals surface area contributed by atoms with Crippen molar-refractivity contribution in [2.45, 2.75) is 188 Å². The largest absolute Gasteiger partial charge is 0.466 e. The molecule has 1 atom stereocenters. The maximum Gasteiger partial charge on any atom is 0.308 e. The molecule has 0 saturated heterocycles. The molecule has 0 amide bonds. The predicted molar refractivity (Wildman–Crippen MR) is 162 cm³/mol. The van der Waals surface area contributed by atoms with Gasteiger partial charge in [-0.3, -0.25) is 9.59 Å². The average Bonchev–Trinajstić information content (AvgIpc) is 2.92. The van der Waals surface area contributed by atoms with E-state index in [0.717, 1.165) is 44.9 Å². The fourth-order valence-corrected chi connectivity index (χ4v) is 5.05. The van der Waals surface area contributed by atoms with Crippen molar-refractivity contribution in [3.8, 4) is 0 Å². The first-order valence-corrected chi connectivity index (χ1v) is 17.0. The smallest absolute Gasteiger partial charge is 0.308 e. The number of carbonyl (C=O) groups excluding carboxylic acids is 2. The number of rotatable bonds is 30. The molecular formula is C34H66O4. The highest BCUT2D eigenvalue weighted by molar-refractivity contribution is 5.72. The van der Waals surface area contributed by atoms with Crippen molar-refractivity contribution in [3.63, 3.8) is 0 Å². The number of carbonyl (C=O) groups is 2. The Morgan fingerprint density at radius 1 is 0.474 bits per heavy atom. The molecule has 0 saturated carbocycles. The Bertz CT molecular complexity index is 505. The molecule has 0 spiro atoms. The topological polar surface area (TPSA) is 52.6 Å². The van der Waals surface area contributed by atoms with E-state index in [2.05, 4.69) is 20.8 Å². The lowest BCUT2D eigenvalue weighted by atomic mass is 9.97. The molecule has 4 heteroatoms. The van der Waals surface area contributed by atoms with Gasteiger partial charge in [0.1, 0.15) is 0 Å². The third kappa shape index (κ3) is 26.5. The van der Waals surface area contributed by atoms with Crippen molar-refractivity contribution < 1.29 is 19.1 Å². The van der Waals surface area contributed by atoms with Crippen LogP contribution in [0.25, 0.3) is 0 Å². The van der Waals surface area contributed by atoms with Crippen LogP contribution in [0.15, 0.2) is 0 Å². The van der Waals surface area contributed by atoms with Gasteiger partial charge in [0.25, 0.3) is 0 Å². The summed E-state index contributed by atoms with van der Waals surface area (Å²) >= 11 is 0. The van der Waals surface area contributed by atoms with Gasteiger partial charge in [-0.25, -0.2) is 0 Å². The van der Waals surface area contributed by atoms with Crippen LogP contribution in [0.2, 0.25) is 0 Å². The van der Waals surface area contributed by atoms with E-state index in [4.69, 9.17) is 9.47 Å². The number of hydrogen-bond donors (Lipinski definition) is 0. The van der Waals surface area contributed by atoms with Crippen molar-refractivity contribution in [1.82, 2.24) is 0 Å². The van der Waals surface area contributed by atoms with E-state index in [1.165, 1.54) is 116 Å². The van der Waals surface area contributed by atoms with Gasteiger partial charge in [0.05, 0.1) is 19.1 Å². The quantitative estimate of drug-likeness (QED) is 0.0674. The molecule has 0 aliphatic heterocycles. The van der Waals surface area contributed by atoms with Crippen LogP contribution in [0.4, 0.5) is 0 Å².